The molecule has 0 aliphatic heterocycles. The van der Waals surface area contributed by atoms with Crippen LogP contribution in [0.2, 0.25) is 0 Å². The number of aliphatic hydroxyl groups excluding tert-OH is 1. The Hall–Kier alpha value is -2.13. The Balaban J connectivity index is 2.39. The lowest BCUT2D eigenvalue weighted by Gasteiger charge is -2.05. The van der Waals surface area contributed by atoms with E-state index in [0.717, 1.165) is 12.8 Å². The van der Waals surface area contributed by atoms with Crippen molar-refractivity contribution >= 4 is 22.9 Å². The smallest absolute Gasteiger partial charge is 0.330 e. The van der Waals surface area contributed by atoms with Crippen LogP contribution in [0, 0.1) is 0 Å². The van der Waals surface area contributed by atoms with E-state index in [9.17, 15) is 4.79 Å². The van der Waals surface area contributed by atoms with Crippen molar-refractivity contribution in [1.82, 2.24) is 19.1 Å². The van der Waals surface area contributed by atoms with Crippen LogP contribution >= 0.6 is 0 Å². The molecule has 3 rings (SSSR count). The first kappa shape index (κ1) is 11.9. The molecule has 0 atom stereocenters. The summed E-state index contributed by atoms with van der Waals surface area (Å²) in [5.41, 5.74) is 8.78. The third-order valence-corrected chi connectivity index (χ3v) is 3.19. The van der Waals surface area contributed by atoms with Crippen molar-refractivity contribution in [1.29, 1.82) is 0 Å². The third kappa shape index (κ3) is 1.74. The minimum atomic E-state index is -0.219. The number of hydrogen-bond donors (Lipinski definition) is 4. The molecule has 1 aliphatic rings. The van der Waals surface area contributed by atoms with E-state index < -0.39 is 0 Å². The molecule has 0 aromatic carbocycles. The molecule has 19 heavy (non-hydrogen) atoms. The van der Waals surface area contributed by atoms with Crippen LogP contribution in [-0.2, 0) is 6.54 Å². The molecule has 0 spiro atoms. The molecule has 0 amide bonds. The quantitative estimate of drug-likeness (QED) is 0.402. The van der Waals surface area contributed by atoms with E-state index >= 15 is 0 Å². The largest absolute Gasteiger partial charge is 0.395 e. The van der Waals surface area contributed by atoms with Crippen LogP contribution in [0.4, 0.5) is 11.8 Å². The van der Waals surface area contributed by atoms with Crippen LogP contribution in [0.3, 0.4) is 0 Å². The number of aliphatic hydroxyl groups is 1. The second kappa shape index (κ2) is 4.21. The number of nitrogens with zero attached hydrogens (tertiary/aromatic N) is 4. The molecule has 102 valence electrons. The first-order valence-corrected chi connectivity index (χ1v) is 6.03. The fraction of sp³-hybridized carbons (Fsp3) is 0.500. The van der Waals surface area contributed by atoms with Gasteiger partial charge in [0, 0.05) is 6.04 Å². The summed E-state index contributed by atoms with van der Waals surface area (Å²) in [5, 5.41) is 9.08. The van der Waals surface area contributed by atoms with Crippen LogP contribution < -0.4 is 22.7 Å². The lowest BCUT2D eigenvalue weighted by molar-refractivity contribution is 0.275. The van der Waals surface area contributed by atoms with Gasteiger partial charge in [-0.3, -0.25) is 9.13 Å². The monoisotopic (exact) mass is 265 g/mol. The Kier molecular flexibility index (Phi) is 2.64. The fourth-order valence-electron chi connectivity index (χ4n) is 2.26. The zero-order valence-electron chi connectivity index (χ0n) is 10.2. The highest BCUT2D eigenvalue weighted by Crippen LogP contribution is 2.37. The van der Waals surface area contributed by atoms with E-state index in [0.29, 0.717) is 17.0 Å². The predicted octanol–water partition coefficient (Wildman–Crippen LogP) is -1.21. The number of fused-ring (bicyclic) bond motifs is 1. The third-order valence-electron chi connectivity index (χ3n) is 3.19. The molecule has 0 saturated heterocycles. The van der Waals surface area contributed by atoms with Crippen LogP contribution in [0.5, 0.6) is 0 Å². The van der Waals surface area contributed by atoms with Gasteiger partial charge in [0.05, 0.1) is 13.2 Å². The van der Waals surface area contributed by atoms with Gasteiger partial charge in [0.2, 0.25) is 5.95 Å². The fourth-order valence-corrected chi connectivity index (χ4v) is 2.26. The molecule has 2 aromatic rings. The number of nitrogen functional groups attached to an aromatic ring is 2. The molecule has 2 aromatic heterocycles. The Morgan fingerprint density at radius 2 is 2.16 bits per heavy atom. The van der Waals surface area contributed by atoms with Crippen molar-refractivity contribution in [3.63, 3.8) is 0 Å². The molecule has 1 fully saturated rings. The van der Waals surface area contributed by atoms with E-state index in [4.69, 9.17) is 16.7 Å². The molecule has 0 radical (unpaired) electrons. The van der Waals surface area contributed by atoms with E-state index in [1.165, 1.54) is 4.57 Å². The standard InChI is InChI=1S/C10H15N7O2/c11-9-13-7(15-12)6-8(14-9)16(3-4-18)10(19)17(6)5-1-2-5/h5,18H,1-4,12H2,(H3,11,13,14,15). The van der Waals surface area contributed by atoms with Crippen LogP contribution in [0.15, 0.2) is 4.79 Å². The average molecular weight is 265 g/mol. The highest BCUT2D eigenvalue weighted by atomic mass is 16.3. The predicted molar refractivity (Wildman–Crippen MR) is 69.4 cm³/mol. The second-order valence-corrected chi connectivity index (χ2v) is 4.51. The van der Waals surface area contributed by atoms with E-state index in [-0.39, 0.29) is 30.8 Å². The van der Waals surface area contributed by atoms with Crippen molar-refractivity contribution in [2.24, 2.45) is 5.84 Å². The van der Waals surface area contributed by atoms with Crippen LogP contribution in [0.25, 0.3) is 11.2 Å². The second-order valence-electron chi connectivity index (χ2n) is 4.51. The zero-order valence-corrected chi connectivity index (χ0v) is 10.2. The SMILES string of the molecule is NNc1nc(N)nc2c1n(C1CC1)c(=O)n2CCO. The van der Waals surface area contributed by atoms with Gasteiger partial charge in [0.1, 0.15) is 5.52 Å². The van der Waals surface area contributed by atoms with Gasteiger partial charge in [-0.2, -0.15) is 9.97 Å². The first-order valence-electron chi connectivity index (χ1n) is 6.03. The molecule has 1 saturated carbocycles. The lowest BCUT2D eigenvalue weighted by Crippen LogP contribution is -2.25. The lowest BCUT2D eigenvalue weighted by atomic mass is 10.4. The number of nitrogens with one attached hydrogen (secondary N) is 1. The molecule has 0 bridgehead atoms. The number of aromatic nitrogens is 4. The topological polar surface area (TPSA) is 137 Å². The van der Waals surface area contributed by atoms with Crippen LogP contribution in [0.1, 0.15) is 18.9 Å². The normalized spacial score (nSPS) is 15.1. The number of nitrogens with two attached hydrogens (primary N) is 2. The van der Waals surface area contributed by atoms with Crippen molar-refractivity contribution in [2.45, 2.75) is 25.4 Å². The van der Waals surface area contributed by atoms with E-state index in [2.05, 4.69) is 15.4 Å². The summed E-state index contributed by atoms with van der Waals surface area (Å²) < 4.78 is 3.02. The number of imidazole rings is 1. The summed E-state index contributed by atoms with van der Waals surface area (Å²) >= 11 is 0. The average Bonchev–Trinajstić information content (AvgIpc) is 3.18. The molecule has 6 N–H and O–H groups in total. The van der Waals surface area contributed by atoms with Gasteiger partial charge >= 0.3 is 5.69 Å². The Labute approximate surface area is 107 Å². The molecule has 1 aliphatic carbocycles. The summed E-state index contributed by atoms with van der Waals surface area (Å²) in [6.07, 6.45) is 1.87. The molecule has 9 nitrogen and oxygen atoms in total. The number of rotatable bonds is 4. The van der Waals surface area contributed by atoms with Crippen LogP contribution in [-0.4, -0.2) is 30.8 Å². The molecule has 0 unspecified atom stereocenters. The summed E-state index contributed by atoms with van der Waals surface area (Å²) in [6.45, 7) is 0.00843. The maximum Gasteiger partial charge on any atom is 0.330 e. The Bertz CT molecular complexity index is 685. The highest BCUT2D eigenvalue weighted by molar-refractivity contribution is 5.85. The van der Waals surface area contributed by atoms with Crippen molar-refractivity contribution in [3.05, 3.63) is 10.5 Å². The highest BCUT2D eigenvalue weighted by Gasteiger charge is 2.31. The van der Waals surface area contributed by atoms with Gasteiger partial charge in [0.25, 0.3) is 0 Å². The van der Waals surface area contributed by atoms with Gasteiger partial charge in [0.15, 0.2) is 11.5 Å². The zero-order chi connectivity index (χ0) is 13.6. The number of hydrogen-bond acceptors (Lipinski definition) is 7. The Morgan fingerprint density at radius 3 is 2.74 bits per heavy atom. The first-order chi connectivity index (χ1) is 9.17. The maximum absolute atomic E-state index is 12.4. The molecular weight excluding hydrogens is 250 g/mol. The molecule has 9 heteroatoms. The summed E-state index contributed by atoms with van der Waals surface area (Å²) in [6, 6.07) is 0.147. The van der Waals surface area contributed by atoms with Crippen molar-refractivity contribution in [2.75, 3.05) is 17.8 Å². The maximum atomic E-state index is 12.4. The number of hydrazine groups is 1. The van der Waals surface area contributed by atoms with Gasteiger partial charge in [-0.15, -0.1) is 0 Å². The van der Waals surface area contributed by atoms with E-state index in [1.54, 1.807) is 4.57 Å². The minimum Gasteiger partial charge on any atom is -0.395 e. The summed E-state index contributed by atoms with van der Waals surface area (Å²) in [5.74, 6) is 5.79. The van der Waals surface area contributed by atoms with Gasteiger partial charge in [-0.25, -0.2) is 10.6 Å². The summed E-state index contributed by atoms with van der Waals surface area (Å²) in [7, 11) is 0. The molecular formula is C10H15N7O2. The Morgan fingerprint density at radius 1 is 1.42 bits per heavy atom. The minimum absolute atomic E-state index is 0.0279. The van der Waals surface area contributed by atoms with E-state index in [1.807, 2.05) is 0 Å². The van der Waals surface area contributed by atoms with Gasteiger partial charge in [-0.05, 0) is 12.8 Å². The molecule has 2 heterocycles. The number of anilines is 2. The van der Waals surface area contributed by atoms with Gasteiger partial charge < -0.3 is 16.3 Å². The van der Waals surface area contributed by atoms with Crippen molar-refractivity contribution in [3.8, 4) is 0 Å². The van der Waals surface area contributed by atoms with Gasteiger partial charge in [-0.1, -0.05) is 0 Å². The van der Waals surface area contributed by atoms with Crippen molar-refractivity contribution < 1.29 is 5.11 Å². The summed E-state index contributed by atoms with van der Waals surface area (Å²) in [4.78, 5) is 20.5.